The summed E-state index contributed by atoms with van der Waals surface area (Å²) in [5, 5.41) is 7.35. The molecule has 0 aliphatic heterocycles. The van der Waals surface area contributed by atoms with Gasteiger partial charge in [0.1, 0.15) is 5.82 Å². The first kappa shape index (κ1) is 16.6. The normalized spacial score (nSPS) is 10.5. The Hall–Kier alpha value is -2.30. The molecule has 0 aliphatic carbocycles. The fourth-order valence-electron chi connectivity index (χ4n) is 2.23. The Bertz CT molecular complexity index is 852. The van der Waals surface area contributed by atoms with Gasteiger partial charge in [-0.05, 0) is 36.2 Å². The Morgan fingerprint density at radius 2 is 1.83 bits per heavy atom. The molecule has 0 unspecified atom stereocenters. The summed E-state index contributed by atoms with van der Waals surface area (Å²) in [5.74, 6) is 1.18. The van der Waals surface area contributed by atoms with Gasteiger partial charge in [-0.3, -0.25) is 0 Å². The van der Waals surface area contributed by atoms with Crippen LogP contribution in [-0.2, 0) is 6.54 Å². The molecule has 0 saturated heterocycles. The molecule has 122 valence electrons. The quantitative estimate of drug-likeness (QED) is 0.636. The summed E-state index contributed by atoms with van der Waals surface area (Å²) in [7, 11) is 0. The number of hydrogen-bond donors (Lipinski definition) is 2. The smallest absolute Gasteiger partial charge is 0.224 e. The van der Waals surface area contributed by atoms with Crippen LogP contribution < -0.4 is 10.6 Å². The minimum absolute atomic E-state index is 0.465. The number of nitrogens with one attached hydrogen (secondary N) is 2. The minimum atomic E-state index is 0.465. The largest absolute Gasteiger partial charge is 0.350 e. The molecule has 0 radical (unpaired) electrons. The second kappa shape index (κ2) is 7.51. The second-order valence-electron chi connectivity index (χ2n) is 5.27. The molecule has 0 bridgehead atoms. The Balaban J connectivity index is 1.72. The van der Waals surface area contributed by atoms with Crippen LogP contribution in [0.2, 0.25) is 10.0 Å². The number of anilines is 3. The van der Waals surface area contributed by atoms with E-state index in [0.717, 1.165) is 0 Å². The lowest BCUT2D eigenvalue weighted by molar-refractivity contribution is 1.04. The van der Waals surface area contributed by atoms with E-state index in [4.69, 9.17) is 23.2 Å². The Labute approximate surface area is 150 Å². The molecule has 3 rings (SSSR count). The molecule has 1 aromatic heterocycles. The van der Waals surface area contributed by atoms with Crippen LogP contribution in [-0.4, -0.2) is 9.97 Å². The van der Waals surface area contributed by atoms with Gasteiger partial charge < -0.3 is 10.6 Å². The van der Waals surface area contributed by atoms with Gasteiger partial charge in [0.25, 0.3) is 0 Å². The number of aromatic nitrogens is 2. The first-order chi connectivity index (χ1) is 11.6. The predicted molar refractivity (Wildman–Crippen MR) is 100 cm³/mol. The maximum absolute atomic E-state index is 6.19. The number of rotatable bonds is 5. The summed E-state index contributed by atoms with van der Waals surface area (Å²) in [6.07, 6.45) is 1.69. The lowest BCUT2D eigenvalue weighted by atomic mass is 10.1. The van der Waals surface area contributed by atoms with E-state index in [1.54, 1.807) is 18.3 Å². The van der Waals surface area contributed by atoms with Crippen molar-refractivity contribution >= 4 is 40.7 Å². The topological polar surface area (TPSA) is 49.8 Å². The number of nitrogens with zero attached hydrogens (tertiary/aromatic N) is 2. The van der Waals surface area contributed by atoms with E-state index in [9.17, 15) is 0 Å². The molecule has 1 heterocycles. The van der Waals surface area contributed by atoms with Gasteiger partial charge in [-0.15, -0.1) is 0 Å². The van der Waals surface area contributed by atoms with Crippen molar-refractivity contribution in [1.82, 2.24) is 9.97 Å². The van der Waals surface area contributed by atoms with E-state index in [1.165, 1.54) is 11.1 Å². The van der Waals surface area contributed by atoms with Crippen molar-refractivity contribution in [2.24, 2.45) is 0 Å². The zero-order valence-corrected chi connectivity index (χ0v) is 14.6. The first-order valence-corrected chi connectivity index (χ1v) is 8.21. The van der Waals surface area contributed by atoms with Crippen LogP contribution in [0, 0.1) is 6.92 Å². The maximum Gasteiger partial charge on any atom is 0.224 e. The van der Waals surface area contributed by atoms with E-state index in [0.29, 0.717) is 34.0 Å². The molecule has 0 saturated carbocycles. The molecule has 0 atom stereocenters. The highest BCUT2D eigenvalue weighted by Crippen LogP contribution is 2.31. The highest BCUT2D eigenvalue weighted by molar-refractivity contribution is 6.43. The van der Waals surface area contributed by atoms with Gasteiger partial charge in [0.2, 0.25) is 5.95 Å². The van der Waals surface area contributed by atoms with E-state index in [2.05, 4.69) is 39.7 Å². The third kappa shape index (κ3) is 3.96. The Kier molecular flexibility index (Phi) is 5.18. The standard InChI is InChI=1S/C18H16Cl2N4/c1-12-5-2-3-6-13(12)11-22-18-21-10-9-16(24-18)23-15-8-4-7-14(19)17(15)20/h2-10H,11H2,1H3,(H2,21,22,23,24). The van der Waals surface area contributed by atoms with Gasteiger partial charge in [0, 0.05) is 12.7 Å². The molecule has 0 amide bonds. The Morgan fingerprint density at radius 3 is 2.67 bits per heavy atom. The van der Waals surface area contributed by atoms with Crippen molar-refractivity contribution in [3.8, 4) is 0 Å². The zero-order valence-electron chi connectivity index (χ0n) is 13.1. The summed E-state index contributed by atoms with van der Waals surface area (Å²) < 4.78 is 0. The van der Waals surface area contributed by atoms with Crippen molar-refractivity contribution < 1.29 is 0 Å². The number of aryl methyl sites for hydroxylation is 1. The first-order valence-electron chi connectivity index (χ1n) is 7.46. The third-order valence-electron chi connectivity index (χ3n) is 3.57. The van der Waals surface area contributed by atoms with Crippen molar-refractivity contribution in [3.63, 3.8) is 0 Å². The van der Waals surface area contributed by atoms with E-state index >= 15 is 0 Å². The number of benzene rings is 2. The second-order valence-corrected chi connectivity index (χ2v) is 6.06. The summed E-state index contributed by atoms with van der Waals surface area (Å²) in [6.45, 7) is 2.74. The molecule has 0 aliphatic rings. The highest BCUT2D eigenvalue weighted by atomic mass is 35.5. The Morgan fingerprint density at radius 1 is 1.00 bits per heavy atom. The lowest BCUT2D eigenvalue weighted by Crippen LogP contribution is -2.06. The monoisotopic (exact) mass is 358 g/mol. The van der Waals surface area contributed by atoms with Gasteiger partial charge in [0.05, 0.1) is 15.7 Å². The van der Waals surface area contributed by atoms with Crippen LogP contribution in [0.15, 0.2) is 54.7 Å². The minimum Gasteiger partial charge on any atom is -0.350 e. The van der Waals surface area contributed by atoms with Gasteiger partial charge in [-0.1, -0.05) is 53.5 Å². The lowest BCUT2D eigenvalue weighted by Gasteiger charge is -2.11. The average molecular weight is 359 g/mol. The number of hydrogen-bond acceptors (Lipinski definition) is 4. The predicted octanol–water partition coefficient (Wildman–Crippen LogP) is 5.45. The van der Waals surface area contributed by atoms with Gasteiger partial charge in [-0.25, -0.2) is 4.98 Å². The molecule has 3 aromatic rings. The number of halogens is 2. The van der Waals surface area contributed by atoms with Gasteiger partial charge in [0.15, 0.2) is 0 Å². The van der Waals surface area contributed by atoms with Crippen molar-refractivity contribution in [2.45, 2.75) is 13.5 Å². The molecule has 0 spiro atoms. The summed E-state index contributed by atoms with van der Waals surface area (Å²) in [5.41, 5.74) is 3.13. The van der Waals surface area contributed by atoms with Crippen LogP contribution in [0.5, 0.6) is 0 Å². The molecule has 0 fully saturated rings. The van der Waals surface area contributed by atoms with E-state index in [1.807, 2.05) is 24.3 Å². The van der Waals surface area contributed by atoms with E-state index in [-0.39, 0.29) is 0 Å². The molecule has 24 heavy (non-hydrogen) atoms. The molecular formula is C18H16Cl2N4. The van der Waals surface area contributed by atoms with Crippen LogP contribution in [0.25, 0.3) is 0 Å². The maximum atomic E-state index is 6.19. The van der Waals surface area contributed by atoms with Crippen LogP contribution >= 0.6 is 23.2 Å². The molecule has 6 heteroatoms. The summed E-state index contributed by atoms with van der Waals surface area (Å²) in [4.78, 5) is 8.69. The summed E-state index contributed by atoms with van der Waals surface area (Å²) >= 11 is 12.2. The molecule has 4 nitrogen and oxygen atoms in total. The van der Waals surface area contributed by atoms with Crippen LogP contribution in [0.3, 0.4) is 0 Å². The average Bonchev–Trinajstić information content (AvgIpc) is 2.59. The van der Waals surface area contributed by atoms with Gasteiger partial charge in [-0.2, -0.15) is 4.98 Å². The van der Waals surface area contributed by atoms with Crippen molar-refractivity contribution in [1.29, 1.82) is 0 Å². The van der Waals surface area contributed by atoms with Crippen molar-refractivity contribution in [3.05, 3.63) is 75.9 Å². The molecule has 2 aromatic carbocycles. The zero-order chi connectivity index (χ0) is 16.9. The fourth-order valence-corrected chi connectivity index (χ4v) is 2.58. The van der Waals surface area contributed by atoms with Gasteiger partial charge >= 0.3 is 0 Å². The fraction of sp³-hybridized carbons (Fsp3) is 0.111. The van der Waals surface area contributed by atoms with Crippen molar-refractivity contribution in [2.75, 3.05) is 10.6 Å². The van der Waals surface area contributed by atoms with E-state index < -0.39 is 0 Å². The summed E-state index contributed by atoms with van der Waals surface area (Å²) in [6, 6.07) is 15.4. The van der Waals surface area contributed by atoms with Crippen LogP contribution in [0.1, 0.15) is 11.1 Å². The highest BCUT2D eigenvalue weighted by Gasteiger charge is 2.06. The van der Waals surface area contributed by atoms with Crippen LogP contribution in [0.4, 0.5) is 17.5 Å². The molecular weight excluding hydrogens is 343 g/mol. The molecule has 2 N–H and O–H groups in total. The third-order valence-corrected chi connectivity index (χ3v) is 4.39. The SMILES string of the molecule is Cc1ccccc1CNc1nccc(Nc2cccc(Cl)c2Cl)n1.